The Bertz CT molecular complexity index is 801. The van der Waals surface area contributed by atoms with Crippen molar-refractivity contribution in [3.8, 4) is 0 Å². The summed E-state index contributed by atoms with van der Waals surface area (Å²) in [6.07, 6.45) is 10.3. The predicted octanol–water partition coefficient (Wildman–Crippen LogP) is 7.00. The van der Waals surface area contributed by atoms with Crippen LogP contribution in [0.1, 0.15) is 106 Å². The fourth-order valence-corrected chi connectivity index (χ4v) is 11.5. The third kappa shape index (κ3) is 2.61. The Morgan fingerprint density at radius 3 is 2.03 bits per heavy atom. The first-order chi connectivity index (χ1) is 14.7. The van der Waals surface area contributed by atoms with Crippen LogP contribution >= 0.6 is 0 Å². The molecule has 0 aromatic carbocycles. The van der Waals surface area contributed by atoms with Crippen molar-refractivity contribution in [2.24, 2.45) is 56.7 Å². The highest BCUT2D eigenvalue weighted by Crippen LogP contribution is 2.77. The van der Waals surface area contributed by atoms with E-state index in [-0.39, 0.29) is 33.9 Å². The second kappa shape index (κ2) is 6.87. The van der Waals surface area contributed by atoms with Crippen LogP contribution in [0.5, 0.6) is 0 Å². The van der Waals surface area contributed by atoms with Crippen molar-refractivity contribution in [2.75, 3.05) is 0 Å². The fraction of sp³-hybridized carbons (Fsp3) is 0.933. The van der Waals surface area contributed by atoms with Gasteiger partial charge in [0.05, 0.1) is 12.2 Å². The third-order valence-corrected chi connectivity index (χ3v) is 13.6. The van der Waals surface area contributed by atoms with Crippen LogP contribution < -0.4 is 0 Å². The molecule has 5 aliphatic carbocycles. The summed E-state index contributed by atoms with van der Waals surface area (Å²) in [5.74, 6) is 3.16. The van der Waals surface area contributed by atoms with E-state index in [1.165, 1.54) is 44.1 Å². The molecule has 0 spiro atoms. The predicted molar refractivity (Wildman–Crippen MR) is 132 cm³/mol. The maximum atomic E-state index is 11.7. The Balaban J connectivity index is 1.57. The molecule has 0 aromatic rings. The standard InChI is InChI=1S/C30H50O2/c1-18(2)19-11-14-28(6)24(32)17-30(8)20(25(19)28)9-10-22-27(5)15-13-23(31)26(3,4)21(27)12-16-29(22,30)7/h19-25,31-32H,1,9-17H2,2-8H3/t19-,20+,21-,22?,23-,24-,25+,27-,28+,29+,30+/m0/s1. The Morgan fingerprint density at radius 1 is 0.719 bits per heavy atom. The number of rotatable bonds is 1. The molecule has 182 valence electrons. The SMILES string of the molecule is C=C(C)[C@@H]1CC[C@@]2(C)[C@H]1[C@H]1CCC3[C@@]4(C)CC[C@H](O)C(C)(C)[C@@H]4CC[C@@]3(C)[C@]1(C)C[C@@H]2O. The van der Waals surface area contributed by atoms with E-state index in [0.29, 0.717) is 35.0 Å². The molecule has 0 radical (unpaired) electrons. The second-order valence-electron chi connectivity index (χ2n) is 14.8. The van der Waals surface area contributed by atoms with Gasteiger partial charge in [0.15, 0.2) is 0 Å². The van der Waals surface area contributed by atoms with E-state index in [1.54, 1.807) is 0 Å². The van der Waals surface area contributed by atoms with Crippen molar-refractivity contribution in [1.82, 2.24) is 0 Å². The summed E-state index contributed by atoms with van der Waals surface area (Å²) in [5.41, 5.74) is 2.18. The van der Waals surface area contributed by atoms with Gasteiger partial charge in [0.25, 0.3) is 0 Å². The molecule has 5 rings (SSSR count). The molecule has 32 heavy (non-hydrogen) atoms. The first-order valence-corrected chi connectivity index (χ1v) is 13.7. The van der Waals surface area contributed by atoms with E-state index < -0.39 is 0 Å². The smallest absolute Gasteiger partial charge is 0.0602 e. The van der Waals surface area contributed by atoms with Crippen molar-refractivity contribution in [1.29, 1.82) is 0 Å². The van der Waals surface area contributed by atoms with E-state index in [1.807, 2.05) is 0 Å². The summed E-state index contributed by atoms with van der Waals surface area (Å²) in [6.45, 7) is 21.5. The van der Waals surface area contributed by atoms with Gasteiger partial charge >= 0.3 is 0 Å². The van der Waals surface area contributed by atoms with Gasteiger partial charge in [-0.05, 0) is 121 Å². The summed E-state index contributed by atoms with van der Waals surface area (Å²) in [6, 6.07) is 0. The highest BCUT2D eigenvalue weighted by atomic mass is 16.3. The van der Waals surface area contributed by atoms with Gasteiger partial charge in [-0.25, -0.2) is 0 Å². The van der Waals surface area contributed by atoms with Crippen molar-refractivity contribution < 1.29 is 10.2 Å². The van der Waals surface area contributed by atoms with Crippen LogP contribution in [0.3, 0.4) is 0 Å². The van der Waals surface area contributed by atoms with E-state index in [9.17, 15) is 10.2 Å². The summed E-state index contributed by atoms with van der Waals surface area (Å²) in [7, 11) is 0. The molecule has 2 N–H and O–H groups in total. The molecule has 0 saturated heterocycles. The zero-order valence-corrected chi connectivity index (χ0v) is 22.0. The molecule has 11 atom stereocenters. The zero-order valence-electron chi connectivity index (χ0n) is 22.0. The molecule has 0 bridgehead atoms. The molecular formula is C30H50O2. The Hall–Kier alpha value is -0.340. The lowest BCUT2D eigenvalue weighted by molar-refractivity contribution is -0.261. The maximum absolute atomic E-state index is 11.7. The van der Waals surface area contributed by atoms with Crippen LogP contribution in [0.25, 0.3) is 0 Å². The molecule has 1 unspecified atom stereocenters. The minimum Gasteiger partial charge on any atom is -0.393 e. The van der Waals surface area contributed by atoms with Crippen LogP contribution in [0.15, 0.2) is 12.2 Å². The normalized spacial score (nSPS) is 58.8. The summed E-state index contributed by atoms with van der Waals surface area (Å²) < 4.78 is 0. The van der Waals surface area contributed by atoms with Gasteiger partial charge in [0, 0.05) is 0 Å². The number of allylic oxidation sites excluding steroid dienone is 1. The van der Waals surface area contributed by atoms with Crippen LogP contribution in [0, 0.1) is 56.7 Å². The van der Waals surface area contributed by atoms with Gasteiger partial charge in [-0.2, -0.15) is 0 Å². The maximum Gasteiger partial charge on any atom is 0.0602 e. The van der Waals surface area contributed by atoms with Crippen molar-refractivity contribution in [3.05, 3.63) is 12.2 Å². The highest BCUT2D eigenvalue weighted by Gasteiger charge is 2.71. The zero-order chi connectivity index (χ0) is 23.5. The van der Waals surface area contributed by atoms with Gasteiger partial charge in [0.1, 0.15) is 0 Å². The minimum absolute atomic E-state index is 0.00718. The molecule has 0 amide bonds. The van der Waals surface area contributed by atoms with Gasteiger partial charge in [0.2, 0.25) is 0 Å². The summed E-state index contributed by atoms with van der Waals surface area (Å²) in [5, 5.41) is 22.6. The van der Waals surface area contributed by atoms with E-state index >= 15 is 0 Å². The van der Waals surface area contributed by atoms with Gasteiger partial charge in [-0.15, -0.1) is 0 Å². The highest BCUT2D eigenvalue weighted by molar-refractivity contribution is 5.22. The van der Waals surface area contributed by atoms with Gasteiger partial charge in [-0.3, -0.25) is 0 Å². The summed E-state index contributed by atoms with van der Waals surface area (Å²) >= 11 is 0. The largest absolute Gasteiger partial charge is 0.393 e. The van der Waals surface area contributed by atoms with E-state index in [2.05, 4.69) is 55.0 Å². The Kier molecular flexibility index (Phi) is 5.02. The monoisotopic (exact) mass is 442 g/mol. The van der Waals surface area contributed by atoms with Crippen LogP contribution in [-0.2, 0) is 0 Å². The number of fused-ring (bicyclic) bond motifs is 7. The third-order valence-electron chi connectivity index (χ3n) is 13.6. The lowest BCUT2D eigenvalue weighted by Gasteiger charge is -2.73. The first kappa shape index (κ1) is 23.4. The number of hydrogen-bond acceptors (Lipinski definition) is 2. The van der Waals surface area contributed by atoms with Crippen molar-refractivity contribution in [3.63, 3.8) is 0 Å². The average Bonchev–Trinajstić information content (AvgIpc) is 3.05. The second-order valence-corrected chi connectivity index (χ2v) is 14.8. The van der Waals surface area contributed by atoms with Gasteiger partial charge in [-0.1, -0.05) is 53.7 Å². The Morgan fingerprint density at radius 2 is 1.38 bits per heavy atom. The molecular weight excluding hydrogens is 392 g/mol. The number of aliphatic hydroxyl groups excluding tert-OH is 2. The molecule has 2 nitrogen and oxygen atoms in total. The fourth-order valence-electron chi connectivity index (χ4n) is 11.5. The lowest BCUT2D eigenvalue weighted by Crippen LogP contribution is -2.68. The molecule has 5 saturated carbocycles. The lowest BCUT2D eigenvalue weighted by atomic mass is 9.32. The number of hydrogen-bond donors (Lipinski definition) is 2. The number of aliphatic hydroxyl groups is 2. The summed E-state index contributed by atoms with van der Waals surface area (Å²) in [4.78, 5) is 0. The molecule has 0 aliphatic heterocycles. The first-order valence-electron chi connectivity index (χ1n) is 13.7. The Labute approximate surface area is 197 Å². The quantitative estimate of drug-likeness (QED) is 0.429. The average molecular weight is 443 g/mol. The molecule has 2 heteroatoms. The van der Waals surface area contributed by atoms with Crippen molar-refractivity contribution in [2.45, 2.75) is 118 Å². The van der Waals surface area contributed by atoms with Gasteiger partial charge < -0.3 is 10.2 Å². The van der Waals surface area contributed by atoms with E-state index in [4.69, 9.17) is 0 Å². The minimum atomic E-state index is -0.191. The van der Waals surface area contributed by atoms with Crippen molar-refractivity contribution >= 4 is 0 Å². The molecule has 5 aliphatic rings. The topological polar surface area (TPSA) is 40.5 Å². The van der Waals surface area contributed by atoms with E-state index in [0.717, 1.165) is 19.3 Å². The molecule has 0 aromatic heterocycles. The van der Waals surface area contributed by atoms with Crippen LogP contribution in [-0.4, -0.2) is 22.4 Å². The molecule has 0 heterocycles. The van der Waals surface area contributed by atoms with Crippen LogP contribution in [0.2, 0.25) is 0 Å². The molecule has 5 fully saturated rings. The van der Waals surface area contributed by atoms with Crippen LogP contribution in [0.4, 0.5) is 0 Å².